The SMILES string of the molecule is F[C@](Cl)(Br)[C@](F)(Br)c1ccccc1. The molecule has 0 saturated carbocycles. The van der Waals surface area contributed by atoms with Crippen LogP contribution in [0.3, 0.4) is 0 Å². The van der Waals surface area contributed by atoms with E-state index < -0.39 is 8.62 Å². The first-order valence-corrected chi connectivity index (χ1v) is 5.32. The minimum atomic E-state index is -2.67. The Morgan fingerprint density at radius 2 is 1.54 bits per heavy atom. The molecule has 2 atom stereocenters. The molecule has 1 aromatic carbocycles. The second kappa shape index (κ2) is 3.83. The third-order valence-electron chi connectivity index (χ3n) is 1.49. The third-order valence-corrected chi connectivity index (χ3v) is 4.06. The number of rotatable bonds is 2. The smallest absolute Gasteiger partial charge is 0.220 e. The van der Waals surface area contributed by atoms with E-state index in [0.29, 0.717) is 0 Å². The molecule has 0 aliphatic heterocycles. The second-order valence-corrected chi connectivity index (χ2v) is 5.60. The van der Waals surface area contributed by atoms with Gasteiger partial charge >= 0.3 is 0 Å². The van der Waals surface area contributed by atoms with E-state index in [1.165, 1.54) is 12.1 Å². The quantitative estimate of drug-likeness (QED) is 0.701. The zero-order chi connectivity index (χ0) is 10.1. The van der Waals surface area contributed by atoms with Crippen LogP contribution in [0.2, 0.25) is 0 Å². The van der Waals surface area contributed by atoms with Gasteiger partial charge in [-0.15, -0.1) is 0 Å². The molecule has 1 aromatic rings. The van der Waals surface area contributed by atoms with Gasteiger partial charge in [0.25, 0.3) is 4.04 Å². The summed E-state index contributed by atoms with van der Waals surface area (Å²) in [6, 6.07) is 7.77. The first-order chi connectivity index (χ1) is 5.86. The van der Waals surface area contributed by atoms with Crippen LogP contribution in [0.1, 0.15) is 5.56 Å². The molecule has 0 aliphatic rings. The first kappa shape index (κ1) is 11.4. The highest BCUT2D eigenvalue weighted by Gasteiger charge is 2.50. The van der Waals surface area contributed by atoms with Crippen LogP contribution in [0.4, 0.5) is 8.78 Å². The Labute approximate surface area is 96.5 Å². The molecular formula is C8H5Br2ClF2. The zero-order valence-electron chi connectivity index (χ0n) is 6.28. The van der Waals surface area contributed by atoms with Crippen molar-refractivity contribution in [2.24, 2.45) is 0 Å². The van der Waals surface area contributed by atoms with Crippen LogP contribution in [-0.4, -0.2) is 4.04 Å². The van der Waals surface area contributed by atoms with Crippen molar-refractivity contribution in [1.29, 1.82) is 0 Å². The predicted octanol–water partition coefficient (Wildman–Crippen LogP) is 4.46. The number of halogens is 5. The van der Waals surface area contributed by atoms with Gasteiger partial charge in [-0.2, -0.15) is 0 Å². The Morgan fingerprint density at radius 3 is 1.92 bits per heavy atom. The lowest BCUT2D eigenvalue weighted by molar-refractivity contribution is 0.183. The molecule has 1 rings (SSSR count). The average Bonchev–Trinajstić information content (AvgIpc) is 2.04. The Morgan fingerprint density at radius 1 is 1.08 bits per heavy atom. The van der Waals surface area contributed by atoms with Gasteiger partial charge in [-0.1, -0.05) is 41.9 Å². The van der Waals surface area contributed by atoms with E-state index >= 15 is 0 Å². The van der Waals surface area contributed by atoms with E-state index in [2.05, 4.69) is 31.9 Å². The topological polar surface area (TPSA) is 0 Å². The summed E-state index contributed by atoms with van der Waals surface area (Å²) in [6.45, 7) is 0. The van der Waals surface area contributed by atoms with Crippen LogP contribution in [0.25, 0.3) is 0 Å². The highest BCUT2D eigenvalue weighted by molar-refractivity contribution is 9.13. The molecule has 0 nitrogen and oxygen atoms in total. The second-order valence-electron chi connectivity index (χ2n) is 2.44. The Balaban J connectivity index is 3.08. The van der Waals surface area contributed by atoms with Crippen molar-refractivity contribution in [1.82, 2.24) is 0 Å². The molecular weight excluding hydrogens is 329 g/mol. The zero-order valence-corrected chi connectivity index (χ0v) is 10.2. The fourth-order valence-electron chi connectivity index (χ4n) is 0.811. The standard InChI is InChI=1S/C8H5Br2ClF2/c9-7(12,8(10,11)13)6-4-2-1-3-5-6/h1-5H/t7-,8-/m0/s1. The summed E-state index contributed by atoms with van der Waals surface area (Å²) in [7, 11) is 0. The maximum absolute atomic E-state index is 13.7. The fraction of sp³-hybridized carbons (Fsp3) is 0.250. The Kier molecular flexibility index (Phi) is 3.36. The summed E-state index contributed by atoms with van der Waals surface area (Å²) in [6.07, 6.45) is 0. The lowest BCUT2D eigenvalue weighted by Crippen LogP contribution is -2.29. The van der Waals surface area contributed by atoms with Gasteiger partial charge in [-0.3, -0.25) is 0 Å². The van der Waals surface area contributed by atoms with E-state index in [-0.39, 0.29) is 5.56 Å². The van der Waals surface area contributed by atoms with E-state index in [0.717, 1.165) is 0 Å². The van der Waals surface area contributed by atoms with Gasteiger partial charge in [0.05, 0.1) is 0 Å². The number of benzene rings is 1. The van der Waals surface area contributed by atoms with Crippen LogP contribution >= 0.6 is 43.5 Å². The summed E-state index contributed by atoms with van der Waals surface area (Å²) in [5.41, 5.74) is 0.115. The third kappa shape index (κ3) is 2.42. The monoisotopic (exact) mass is 332 g/mol. The highest BCUT2D eigenvalue weighted by Crippen LogP contribution is 2.51. The van der Waals surface area contributed by atoms with Crippen molar-refractivity contribution in [3.05, 3.63) is 35.9 Å². The minimum absolute atomic E-state index is 0.115. The molecule has 0 heterocycles. The normalized spacial score (nSPS) is 20.4. The molecule has 0 amide bonds. The maximum Gasteiger partial charge on any atom is 0.285 e. The van der Waals surface area contributed by atoms with Crippen LogP contribution < -0.4 is 0 Å². The van der Waals surface area contributed by atoms with E-state index in [9.17, 15) is 8.78 Å². The van der Waals surface area contributed by atoms with Crippen molar-refractivity contribution in [2.45, 2.75) is 8.62 Å². The molecule has 0 saturated heterocycles. The van der Waals surface area contributed by atoms with E-state index in [4.69, 9.17) is 11.6 Å². The fourth-order valence-corrected chi connectivity index (χ4v) is 1.41. The largest absolute Gasteiger partial charge is 0.285 e. The van der Waals surface area contributed by atoms with Gasteiger partial charge in [0, 0.05) is 5.56 Å². The van der Waals surface area contributed by atoms with Crippen molar-refractivity contribution >= 4 is 43.5 Å². The van der Waals surface area contributed by atoms with Crippen LogP contribution in [0.15, 0.2) is 30.3 Å². The van der Waals surface area contributed by atoms with Crippen molar-refractivity contribution in [3.8, 4) is 0 Å². The Hall–Kier alpha value is 0.330. The summed E-state index contributed by atoms with van der Waals surface area (Å²) in [4.78, 5) is 0. The number of alkyl halides is 5. The van der Waals surface area contributed by atoms with Crippen LogP contribution in [0, 0.1) is 0 Å². The minimum Gasteiger partial charge on any atom is -0.220 e. The molecule has 13 heavy (non-hydrogen) atoms. The average molecular weight is 334 g/mol. The van der Waals surface area contributed by atoms with Gasteiger partial charge < -0.3 is 0 Å². The molecule has 0 N–H and O–H groups in total. The van der Waals surface area contributed by atoms with E-state index in [1.807, 2.05) is 0 Å². The molecule has 0 aromatic heterocycles. The highest BCUT2D eigenvalue weighted by atomic mass is 79.9. The molecule has 0 aliphatic carbocycles. The summed E-state index contributed by atoms with van der Waals surface area (Å²) in [5.74, 6) is 0. The molecule has 0 bridgehead atoms. The van der Waals surface area contributed by atoms with E-state index in [1.54, 1.807) is 18.2 Å². The van der Waals surface area contributed by atoms with Gasteiger partial charge in [-0.05, 0) is 31.9 Å². The van der Waals surface area contributed by atoms with Crippen molar-refractivity contribution in [2.75, 3.05) is 0 Å². The van der Waals surface area contributed by atoms with Crippen LogP contribution in [0.5, 0.6) is 0 Å². The number of hydrogen-bond acceptors (Lipinski definition) is 0. The lowest BCUT2D eigenvalue weighted by Gasteiger charge is -2.25. The molecule has 0 spiro atoms. The maximum atomic E-state index is 13.7. The molecule has 0 fully saturated rings. The predicted molar refractivity (Wildman–Crippen MR) is 56.8 cm³/mol. The molecule has 0 unspecified atom stereocenters. The molecule has 5 heteroatoms. The van der Waals surface area contributed by atoms with Crippen LogP contribution in [-0.2, 0) is 4.58 Å². The number of hydrogen-bond donors (Lipinski definition) is 0. The lowest BCUT2D eigenvalue weighted by atomic mass is 10.1. The van der Waals surface area contributed by atoms with Crippen molar-refractivity contribution in [3.63, 3.8) is 0 Å². The molecule has 0 radical (unpaired) electrons. The Bertz CT molecular complexity index is 282. The first-order valence-electron chi connectivity index (χ1n) is 3.36. The van der Waals surface area contributed by atoms with Gasteiger partial charge in [0.1, 0.15) is 0 Å². The summed E-state index contributed by atoms with van der Waals surface area (Å²) < 4.78 is 21.7. The summed E-state index contributed by atoms with van der Waals surface area (Å²) >= 11 is 10.2. The molecule has 72 valence electrons. The summed E-state index contributed by atoms with van der Waals surface area (Å²) in [5, 5.41) is 0. The van der Waals surface area contributed by atoms with Gasteiger partial charge in [0.15, 0.2) is 0 Å². The van der Waals surface area contributed by atoms with Gasteiger partial charge in [0.2, 0.25) is 4.58 Å². The van der Waals surface area contributed by atoms with Crippen molar-refractivity contribution < 1.29 is 8.78 Å². The van der Waals surface area contributed by atoms with Gasteiger partial charge in [-0.25, -0.2) is 8.78 Å².